The molecule has 0 spiro atoms. The zero-order valence-corrected chi connectivity index (χ0v) is 36.5. The molecule has 1 aliphatic heterocycles. The Hall–Kier alpha value is -7.19. The number of aliphatic imine (C=N–C) groups is 1. The first-order valence-corrected chi connectivity index (χ1v) is 23.9. The molecule has 2 aliphatic carbocycles. The predicted octanol–water partition coefficient (Wildman–Crippen LogP) is 4.73. The molecule has 2 heterocycles. The van der Waals surface area contributed by atoms with Crippen molar-refractivity contribution in [2.24, 2.45) is 4.99 Å². The third kappa shape index (κ3) is 10.5. The summed E-state index contributed by atoms with van der Waals surface area (Å²) in [6.07, 6.45) is 5.81. The molecule has 1 aromatic heterocycles. The Labute approximate surface area is 378 Å². The highest BCUT2D eigenvalue weighted by molar-refractivity contribution is 7.86. The number of nitrogens with zero attached hydrogens (tertiary/aromatic N) is 2. The molecule has 19 heteroatoms. The average molecular weight is 935 g/mol. The van der Waals surface area contributed by atoms with Gasteiger partial charge in [0.05, 0.1) is 11.5 Å². The molecule has 66 heavy (non-hydrogen) atoms. The van der Waals surface area contributed by atoms with E-state index in [0.29, 0.717) is 16.6 Å². The minimum absolute atomic E-state index is 0.00164. The molecule has 0 fully saturated rings. The number of carboxylic acid groups (broad SMARTS) is 1. The smallest absolute Gasteiger partial charge is 0.349 e. The number of carbonyl (C=O) groups excluding carboxylic acids is 2. The molecule has 0 saturated heterocycles. The Balaban J connectivity index is 0.901. The highest BCUT2D eigenvalue weighted by Crippen LogP contribution is 2.44. The van der Waals surface area contributed by atoms with Crippen LogP contribution in [0.5, 0.6) is 0 Å². The van der Waals surface area contributed by atoms with E-state index in [0.717, 1.165) is 33.4 Å². The molecule has 3 aliphatic rings. The number of benzene rings is 4. The maximum Gasteiger partial charge on any atom is 0.349 e. The van der Waals surface area contributed by atoms with Crippen molar-refractivity contribution in [3.63, 3.8) is 0 Å². The topological polar surface area (TPSA) is 259 Å². The van der Waals surface area contributed by atoms with Crippen LogP contribution < -0.4 is 21.2 Å². The molecule has 17 nitrogen and oxygen atoms in total. The van der Waals surface area contributed by atoms with Gasteiger partial charge in [0.25, 0.3) is 32.1 Å². The zero-order valence-electron chi connectivity index (χ0n) is 34.9. The van der Waals surface area contributed by atoms with Crippen LogP contribution in [0.3, 0.4) is 0 Å². The summed E-state index contributed by atoms with van der Waals surface area (Å²) in [5.74, 6) is -3.79. The number of hydrogen-bond donors (Lipinski definition) is 5. The van der Waals surface area contributed by atoms with Gasteiger partial charge in [-0.15, -0.1) is 0 Å². The van der Waals surface area contributed by atoms with Gasteiger partial charge in [-0.25, -0.2) is 14.6 Å². The predicted molar refractivity (Wildman–Crippen MR) is 246 cm³/mol. The summed E-state index contributed by atoms with van der Waals surface area (Å²) < 4.78 is 75.1. The third-order valence-electron chi connectivity index (χ3n) is 11.2. The Morgan fingerprint density at radius 1 is 0.788 bits per heavy atom. The molecule has 5 aromatic rings. The summed E-state index contributed by atoms with van der Waals surface area (Å²) in [4.78, 5) is 58.1. The first-order chi connectivity index (χ1) is 31.5. The molecule has 3 unspecified atom stereocenters. The van der Waals surface area contributed by atoms with E-state index in [9.17, 15) is 41.1 Å². The van der Waals surface area contributed by atoms with Crippen LogP contribution in [0.1, 0.15) is 45.5 Å². The first kappa shape index (κ1) is 45.4. The van der Waals surface area contributed by atoms with Crippen LogP contribution >= 0.6 is 0 Å². The molecular weight excluding hydrogens is 893 g/mol. The van der Waals surface area contributed by atoms with Gasteiger partial charge in [0.2, 0.25) is 5.90 Å². The molecule has 0 bridgehead atoms. The van der Waals surface area contributed by atoms with Gasteiger partial charge in [-0.05, 0) is 101 Å². The molecular formula is C47H42N4O13S2. The van der Waals surface area contributed by atoms with E-state index in [1.165, 1.54) is 24.3 Å². The van der Waals surface area contributed by atoms with Crippen LogP contribution in [-0.4, -0.2) is 104 Å². The quantitative estimate of drug-likeness (QED) is 0.0612. The number of rotatable bonds is 17. The van der Waals surface area contributed by atoms with Gasteiger partial charge in [0, 0.05) is 47.9 Å². The molecule has 5 N–H and O–H groups in total. The number of carboxylic acids is 1. The maximum atomic E-state index is 13.3. The number of aliphatic carboxylic acids is 1. The van der Waals surface area contributed by atoms with Gasteiger partial charge in [0.15, 0.2) is 0 Å². The minimum Gasteiger partial charge on any atom is -0.480 e. The molecule has 340 valence electrons. The summed E-state index contributed by atoms with van der Waals surface area (Å²) >= 11 is 0. The van der Waals surface area contributed by atoms with Gasteiger partial charge in [-0.3, -0.25) is 18.7 Å². The number of amides is 2. The van der Waals surface area contributed by atoms with E-state index in [1.807, 2.05) is 24.3 Å². The lowest BCUT2D eigenvalue weighted by atomic mass is 10.00. The second-order valence-corrected chi connectivity index (χ2v) is 18.9. The van der Waals surface area contributed by atoms with E-state index in [2.05, 4.69) is 46.0 Å². The summed E-state index contributed by atoms with van der Waals surface area (Å²) in [6.45, 7) is -0.238. The number of nitrogens with one attached hydrogen (secondary N) is 2. The van der Waals surface area contributed by atoms with Crippen molar-refractivity contribution in [3.05, 3.63) is 159 Å². The van der Waals surface area contributed by atoms with Crippen molar-refractivity contribution < 1.29 is 54.6 Å². The van der Waals surface area contributed by atoms with E-state index in [1.54, 1.807) is 47.4 Å². The molecule has 4 aromatic carbocycles. The van der Waals surface area contributed by atoms with E-state index >= 15 is 0 Å². The van der Waals surface area contributed by atoms with Crippen LogP contribution in [-0.2, 0) is 34.6 Å². The Kier molecular flexibility index (Phi) is 12.9. The number of fused-ring (bicyclic) bond motifs is 5. The van der Waals surface area contributed by atoms with Crippen LogP contribution in [0, 0.1) is 0 Å². The lowest BCUT2D eigenvalue weighted by Gasteiger charge is -2.24. The largest absolute Gasteiger partial charge is 0.480 e. The fraction of sp³-hybridized carbons (Fsp3) is 0.213. The normalized spacial score (nSPS) is 16.5. The lowest BCUT2D eigenvalue weighted by molar-refractivity contribution is -0.141. The number of carbonyl (C=O) groups is 3. The Morgan fingerprint density at radius 3 is 2.02 bits per heavy atom. The van der Waals surface area contributed by atoms with Gasteiger partial charge in [-0.2, -0.15) is 16.8 Å². The second kappa shape index (κ2) is 18.7. The van der Waals surface area contributed by atoms with Crippen LogP contribution in [0.25, 0.3) is 33.7 Å². The highest BCUT2D eigenvalue weighted by atomic mass is 32.2. The van der Waals surface area contributed by atoms with E-state index in [4.69, 9.17) is 18.3 Å². The van der Waals surface area contributed by atoms with Crippen molar-refractivity contribution >= 4 is 72.2 Å². The Bertz CT molecular complexity index is 3090. The number of hydrogen-bond acceptors (Lipinski definition) is 12. The molecule has 0 saturated carbocycles. The molecule has 3 atom stereocenters. The summed E-state index contributed by atoms with van der Waals surface area (Å²) in [5.41, 5.74) is 6.61. The number of ether oxygens (including phenoxy) is 1. The van der Waals surface area contributed by atoms with Crippen LogP contribution in [0.4, 0.5) is 5.69 Å². The fourth-order valence-corrected chi connectivity index (χ4v) is 8.97. The third-order valence-corrected chi connectivity index (χ3v) is 12.8. The maximum absolute atomic E-state index is 13.3. The zero-order chi connectivity index (χ0) is 46.8. The average Bonchev–Trinajstić information content (AvgIpc) is 3.85. The summed E-state index contributed by atoms with van der Waals surface area (Å²) in [7, 11) is -8.51. The van der Waals surface area contributed by atoms with Crippen molar-refractivity contribution in [2.75, 3.05) is 36.0 Å². The molecule has 8 rings (SSSR count). The van der Waals surface area contributed by atoms with Gasteiger partial charge >= 0.3 is 11.6 Å². The van der Waals surface area contributed by atoms with Crippen LogP contribution in [0.2, 0.25) is 0 Å². The van der Waals surface area contributed by atoms with Gasteiger partial charge in [-0.1, -0.05) is 60.7 Å². The second-order valence-electron chi connectivity index (χ2n) is 15.8. The van der Waals surface area contributed by atoms with Crippen molar-refractivity contribution in [3.8, 4) is 11.1 Å². The van der Waals surface area contributed by atoms with Gasteiger partial charge in [0.1, 0.15) is 29.3 Å². The van der Waals surface area contributed by atoms with Crippen molar-refractivity contribution in [1.29, 1.82) is 0 Å². The summed E-state index contributed by atoms with van der Waals surface area (Å²) in [6, 6.07) is 27.2. The minimum atomic E-state index is -4.26. The standard InChI is InChI=1S/C47H42N4O13S2/c52-43(29-13-11-28(12-14-29)23-37-35-9-3-1-7-33(35)34-8-2-4-10-36(34)37)48-27-40(46(54)55)49-44(53)31-16-18-41-39(25-31)50-45(63-41)38-24-30-15-17-32(26-42(30)64-47(38)56)51(19-5-21-65(57,58)59)20-6-22-66(60,61)62/h1-4,7-18,23-26,39-41H,5-6,19-22,27H2,(H,48,52)(H,49,53)(H,54,55)(H,57,58,59)(H,60,61,62). The summed E-state index contributed by atoms with van der Waals surface area (Å²) in [5, 5.41) is 15.4. The van der Waals surface area contributed by atoms with Crippen molar-refractivity contribution in [1.82, 2.24) is 10.6 Å². The lowest BCUT2D eigenvalue weighted by Crippen LogP contribution is -2.49. The molecule has 0 radical (unpaired) electrons. The van der Waals surface area contributed by atoms with Crippen molar-refractivity contribution in [2.45, 2.75) is 31.0 Å². The monoisotopic (exact) mass is 934 g/mol. The first-order valence-electron chi connectivity index (χ1n) is 20.7. The van der Waals surface area contributed by atoms with Crippen LogP contribution in [0.15, 0.2) is 135 Å². The SMILES string of the molecule is O=C(NC(CNC(=O)c1ccc(C=C2c3ccccc3-c3ccccc32)cc1)C(=O)O)C1=CC2N=C(c3cc4ccc(N(CCCS(=O)(=O)O)CCCS(=O)(=O)O)cc4oc3=O)OC2C=C1. The molecule has 2 amide bonds. The van der Waals surface area contributed by atoms with E-state index < -0.39 is 79.9 Å². The highest BCUT2D eigenvalue weighted by Gasteiger charge is 2.34. The Morgan fingerprint density at radius 2 is 1.41 bits per heavy atom. The number of anilines is 1. The fourth-order valence-electron chi connectivity index (χ4n) is 7.98. The van der Waals surface area contributed by atoms with Gasteiger partial charge < -0.3 is 29.8 Å². The van der Waals surface area contributed by atoms with E-state index in [-0.39, 0.29) is 48.5 Å².